The zero-order chi connectivity index (χ0) is 20.8. The summed E-state index contributed by atoms with van der Waals surface area (Å²) in [6.07, 6.45) is 0.127. The summed E-state index contributed by atoms with van der Waals surface area (Å²) >= 11 is 9.48. The number of fused-ring (bicyclic) bond motifs is 3. The first-order chi connectivity index (χ1) is 14.5. The molecule has 6 nitrogen and oxygen atoms in total. The highest BCUT2D eigenvalue weighted by Gasteiger charge is 2.41. The van der Waals surface area contributed by atoms with Gasteiger partial charge in [0.25, 0.3) is 5.69 Å². The second-order valence-corrected chi connectivity index (χ2v) is 8.45. The number of hydrogen-bond acceptors (Lipinski definition) is 5. The van der Waals surface area contributed by atoms with Gasteiger partial charge < -0.3 is 4.74 Å². The first kappa shape index (κ1) is 19.1. The maximum absolute atomic E-state index is 11.4. The fourth-order valence-corrected chi connectivity index (χ4v) is 4.35. The van der Waals surface area contributed by atoms with E-state index in [9.17, 15) is 10.1 Å². The van der Waals surface area contributed by atoms with Crippen molar-refractivity contribution in [3.8, 4) is 5.75 Å². The predicted octanol–water partition coefficient (Wildman–Crippen LogP) is 6.25. The Morgan fingerprint density at radius 3 is 2.67 bits per heavy atom. The Bertz CT molecular complexity index is 1180. The molecule has 0 radical (unpaired) electrons. The number of rotatable bonds is 3. The Labute approximate surface area is 186 Å². The van der Waals surface area contributed by atoms with Gasteiger partial charge in [0.05, 0.1) is 16.7 Å². The molecule has 2 aliphatic heterocycles. The van der Waals surface area contributed by atoms with E-state index in [2.05, 4.69) is 15.9 Å². The van der Waals surface area contributed by atoms with Gasteiger partial charge in [0.2, 0.25) is 6.23 Å². The smallest absolute Gasteiger partial charge is 0.288 e. The molecule has 0 aliphatic carbocycles. The van der Waals surface area contributed by atoms with E-state index in [-0.39, 0.29) is 16.8 Å². The number of benzene rings is 3. The van der Waals surface area contributed by atoms with Crippen LogP contribution in [-0.2, 0) is 0 Å². The van der Waals surface area contributed by atoms with Gasteiger partial charge in [-0.3, -0.25) is 10.1 Å². The van der Waals surface area contributed by atoms with Crippen LogP contribution in [0.25, 0.3) is 0 Å². The van der Waals surface area contributed by atoms with Crippen molar-refractivity contribution in [2.24, 2.45) is 5.10 Å². The molecule has 2 atom stereocenters. The summed E-state index contributed by atoms with van der Waals surface area (Å²) in [7, 11) is 0. The number of hydrogen-bond donors (Lipinski definition) is 0. The summed E-state index contributed by atoms with van der Waals surface area (Å²) in [6, 6.07) is 20.6. The maximum atomic E-state index is 11.4. The fourth-order valence-electron chi connectivity index (χ4n) is 3.89. The largest absolute Gasteiger partial charge is 0.464 e. The molecule has 0 spiro atoms. The van der Waals surface area contributed by atoms with Gasteiger partial charge in [0, 0.05) is 28.1 Å². The summed E-state index contributed by atoms with van der Waals surface area (Å²) < 4.78 is 7.26. The van der Waals surface area contributed by atoms with Crippen LogP contribution in [0.15, 0.2) is 76.3 Å². The Morgan fingerprint density at radius 2 is 1.90 bits per heavy atom. The van der Waals surface area contributed by atoms with Crippen molar-refractivity contribution < 1.29 is 9.66 Å². The third-order valence-corrected chi connectivity index (χ3v) is 6.18. The van der Waals surface area contributed by atoms with Crippen LogP contribution in [0.5, 0.6) is 5.75 Å². The van der Waals surface area contributed by atoms with E-state index in [0.717, 1.165) is 27.1 Å². The van der Waals surface area contributed by atoms with Crippen molar-refractivity contribution in [3.05, 3.63) is 103 Å². The molecule has 2 heterocycles. The normalized spacial score (nSPS) is 19.5. The van der Waals surface area contributed by atoms with E-state index in [0.29, 0.717) is 12.0 Å². The van der Waals surface area contributed by atoms with Gasteiger partial charge in [-0.25, -0.2) is 5.01 Å². The van der Waals surface area contributed by atoms with E-state index in [1.165, 1.54) is 12.1 Å². The minimum atomic E-state index is -0.589. The van der Waals surface area contributed by atoms with Gasteiger partial charge in [0.1, 0.15) is 10.8 Å². The van der Waals surface area contributed by atoms with Crippen molar-refractivity contribution in [1.82, 2.24) is 5.01 Å². The second kappa shape index (κ2) is 7.41. The Balaban J connectivity index is 1.60. The van der Waals surface area contributed by atoms with Gasteiger partial charge in [-0.05, 0) is 29.8 Å². The lowest BCUT2D eigenvalue weighted by atomic mass is 9.96. The lowest BCUT2D eigenvalue weighted by molar-refractivity contribution is -0.384. The topological polar surface area (TPSA) is 68.0 Å². The third kappa shape index (κ3) is 3.24. The van der Waals surface area contributed by atoms with Crippen molar-refractivity contribution in [2.75, 3.05) is 0 Å². The standard InChI is InChI=1S/C22H15BrClN3O3/c23-15-8-5-13(6-9-15)18-12-19-16-3-1-2-4-21(16)30-22(26(19)25-18)14-7-10-17(24)20(11-14)27(28)29/h1-11,19,22H,12H2/t19-,22-/m1/s1. The summed E-state index contributed by atoms with van der Waals surface area (Å²) in [5.41, 5.74) is 3.51. The molecule has 0 aromatic heterocycles. The predicted molar refractivity (Wildman–Crippen MR) is 118 cm³/mol. The molecular formula is C22H15BrClN3O3. The Kier molecular flexibility index (Phi) is 4.72. The minimum Gasteiger partial charge on any atom is -0.464 e. The van der Waals surface area contributed by atoms with Crippen LogP contribution in [0.4, 0.5) is 5.69 Å². The first-order valence-electron chi connectivity index (χ1n) is 9.32. The summed E-state index contributed by atoms with van der Waals surface area (Å²) in [5.74, 6) is 0.758. The van der Waals surface area contributed by atoms with E-state index < -0.39 is 11.2 Å². The van der Waals surface area contributed by atoms with Crippen molar-refractivity contribution in [3.63, 3.8) is 0 Å². The highest BCUT2D eigenvalue weighted by molar-refractivity contribution is 9.10. The van der Waals surface area contributed by atoms with Gasteiger partial charge in [-0.2, -0.15) is 5.10 Å². The molecule has 30 heavy (non-hydrogen) atoms. The van der Waals surface area contributed by atoms with Crippen LogP contribution in [0, 0.1) is 10.1 Å². The molecule has 2 aliphatic rings. The number of nitro benzene ring substituents is 1. The Morgan fingerprint density at radius 1 is 1.13 bits per heavy atom. The van der Waals surface area contributed by atoms with Crippen LogP contribution >= 0.6 is 27.5 Å². The molecule has 0 saturated heterocycles. The van der Waals surface area contributed by atoms with Gasteiger partial charge in [0.15, 0.2) is 0 Å². The molecule has 0 fully saturated rings. The van der Waals surface area contributed by atoms with Crippen LogP contribution in [0.3, 0.4) is 0 Å². The molecule has 150 valence electrons. The SMILES string of the molecule is O=[N+]([O-])c1cc([C@H]2Oc3ccccc3[C@H]3CC(c4ccc(Br)cc4)=NN32)ccc1Cl. The van der Waals surface area contributed by atoms with Gasteiger partial charge in [-0.15, -0.1) is 0 Å². The number of para-hydroxylation sites is 1. The molecule has 3 aromatic carbocycles. The molecule has 8 heteroatoms. The Hall–Kier alpha value is -2.90. The van der Waals surface area contributed by atoms with Crippen LogP contribution < -0.4 is 4.74 Å². The minimum absolute atomic E-state index is 0.0201. The van der Waals surface area contributed by atoms with Gasteiger partial charge in [-0.1, -0.05) is 63.9 Å². The van der Waals surface area contributed by atoms with Gasteiger partial charge >= 0.3 is 0 Å². The van der Waals surface area contributed by atoms with Crippen LogP contribution in [0.2, 0.25) is 5.02 Å². The first-order valence-corrected chi connectivity index (χ1v) is 10.5. The van der Waals surface area contributed by atoms with E-state index >= 15 is 0 Å². The van der Waals surface area contributed by atoms with Crippen molar-refractivity contribution in [2.45, 2.75) is 18.7 Å². The molecule has 0 bridgehead atoms. The zero-order valence-corrected chi connectivity index (χ0v) is 17.9. The van der Waals surface area contributed by atoms with E-state index in [1.807, 2.05) is 53.5 Å². The zero-order valence-electron chi connectivity index (χ0n) is 15.5. The molecule has 0 saturated carbocycles. The monoisotopic (exact) mass is 483 g/mol. The molecule has 0 N–H and O–H groups in total. The number of ether oxygens (including phenoxy) is 1. The third-order valence-electron chi connectivity index (χ3n) is 5.33. The average molecular weight is 485 g/mol. The maximum Gasteiger partial charge on any atom is 0.288 e. The second-order valence-electron chi connectivity index (χ2n) is 7.13. The lowest BCUT2D eigenvalue weighted by Crippen LogP contribution is -2.33. The van der Waals surface area contributed by atoms with E-state index in [4.69, 9.17) is 21.4 Å². The summed E-state index contributed by atoms with van der Waals surface area (Å²) in [5, 5.41) is 18.2. The van der Waals surface area contributed by atoms with Crippen LogP contribution in [-0.4, -0.2) is 15.6 Å². The number of halogens is 2. The molecular weight excluding hydrogens is 470 g/mol. The molecule has 3 aromatic rings. The summed E-state index contributed by atoms with van der Waals surface area (Å²) in [6.45, 7) is 0. The summed E-state index contributed by atoms with van der Waals surface area (Å²) in [4.78, 5) is 10.9. The highest BCUT2D eigenvalue weighted by atomic mass is 79.9. The number of hydrazone groups is 1. The quantitative estimate of drug-likeness (QED) is 0.325. The molecule has 0 unspecified atom stereocenters. The molecule has 5 rings (SSSR count). The van der Waals surface area contributed by atoms with E-state index in [1.54, 1.807) is 6.07 Å². The van der Waals surface area contributed by atoms with Crippen LogP contribution in [0.1, 0.15) is 35.4 Å². The highest BCUT2D eigenvalue weighted by Crippen LogP contribution is 2.48. The average Bonchev–Trinajstić information content (AvgIpc) is 3.19. The number of nitrogens with zero attached hydrogens (tertiary/aromatic N) is 3. The lowest BCUT2D eigenvalue weighted by Gasteiger charge is -2.38. The van der Waals surface area contributed by atoms with Crippen molar-refractivity contribution in [1.29, 1.82) is 0 Å². The fraction of sp³-hybridized carbons (Fsp3) is 0.136. The molecule has 0 amide bonds. The van der Waals surface area contributed by atoms with Crippen molar-refractivity contribution >= 4 is 38.9 Å². The number of nitro groups is 1.